The van der Waals surface area contributed by atoms with E-state index in [1.54, 1.807) is 11.0 Å². The van der Waals surface area contributed by atoms with Crippen LogP contribution in [0.15, 0.2) is 41.0 Å². The molecular weight excluding hydrogens is 340 g/mol. The Hall–Kier alpha value is -1.39. The van der Waals surface area contributed by atoms with E-state index in [0.29, 0.717) is 21.9 Å². The maximum atomic E-state index is 11.9. The smallest absolute Gasteiger partial charge is 0.225 e. The minimum absolute atomic E-state index is 0.0684. The van der Waals surface area contributed by atoms with Gasteiger partial charge in [0.1, 0.15) is 5.82 Å². The van der Waals surface area contributed by atoms with Crippen LogP contribution in [0.4, 0.5) is 5.82 Å². The Morgan fingerprint density at radius 3 is 2.55 bits per heavy atom. The lowest BCUT2D eigenvalue weighted by molar-refractivity contribution is -0.116. The number of halogens is 2. The Morgan fingerprint density at radius 2 is 2.00 bits per heavy atom. The van der Waals surface area contributed by atoms with Crippen molar-refractivity contribution in [2.75, 3.05) is 4.90 Å². The summed E-state index contributed by atoms with van der Waals surface area (Å²) < 4.78 is 0.701. The fourth-order valence-electron chi connectivity index (χ4n) is 1.82. The lowest BCUT2D eigenvalue weighted by Crippen LogP contribution is -2.29. The van der Waals surface area contributed by atoms with Gasteiger partial charge in [0.05, 0.1) is 16.0 Å². The number of benzene rings is 1. The molecule has 1 aromatic heterocycles. The first-order valence-electron chi connectivity index (χ1n) is 6.12. The third kappa shape index (κ3) is 3.58. The van der Waals surface area contributed by atoms with Crippen LogP contribution in [0.1, 0.15) is 18.1 Å². The van der Waals surface area contributed by atoms with Gasteiger partial charge in [0, 0.05) is 13.1 Å². The van der Waals surface area contributed by atoms with Gasteiger partial charge in [-0.15, -0.1) is 0 Å². The zero-order chi connectivity index (χ0) is 14.7. The summed E-state index contributed by atoms with van der Waals surface area (Å²) in [4.78, 5) is 17.7. The van der Waals surface area contributed by atoms with Crippen LogP contribution in [0.25, 0.3) is 0 Å². The molecule has 104 valence electrons. The van der Waals surface area contributed by atoms with Crippen molar-refractivity contribution in [3.63, 3.8) is 0 Å². The Kier molecular flexibility index (Phi) is 4.78. The number of rotatable bonds is 3. The number of aromatic nitrogens is 1. The van der Waals surface area contributed by atoms with Gasteiger partial charge in [0.15, 0.2) is 0 Å². The van der Waals surface area contributed by atoms with E-state index in [4.69, 9.17) is 11.6 Å². The van der Waals surface area contributed by atoms with Crippen LogP contribution in [0, 0.1) is 6.92 Å². The van der Waals surface area contributed by atoms with Gasteiger partial charge in [-0.3, -0.25) is 9.69 Å². The molecule has 2 rings (SSSR count). The summed E-state index contributed by atoms with van der Waals surface area (Å²) in [5.41, 5.74) is 2.24. The van der Waals surface area contributed by atoms with Crippen molar-refractivity contribution < 1.29 is 4.79 Å². The molecule has 0 aliphatic heterocycles. The van der Waals surface area contributed by atoms with E-state index in [0.717, 1.165) is 5.56 Å². The van der Waals surface area contributed by atoms with Crippen LogP contribution >= 0.6 is 27.5 Å². The lowest BCUT2D eigenvalue weighted by atomic mass is 10.1. The highest BCUT2D eigenvalue weighted by Gasteiger charge is 2.16. The fourth-order valence-corrected chi connectivity index (χ4v) is 2.67. The number of hydrogen-bond donors (Lipinski definition) is 0. The monoisotopic (exact) mass is 352 g/mol. The van der Waals surface area contributed by atoms with Crippen LogP contribution in [-0.2, 0) is 11.3 Å². The highest BCUT2D eigenvalue weighted by molar-refractivity contribution is 9.10. The summed E-state index contributed by atoms with van der Waals surface area (Å²) in [6, 6.07) is 9.80. The third-order valence-electron chi connectivity index (χ3n) is 2.89. The molecule has 5 heteroatoms. The number of amides is 1. The highest BCUT2D eigenvalue weighted by atomic mass is 79.9. The van der Waals surface area contributed by atoms with E-state index < -0.39 is 0 Å². The van der Waals surface area contributed by atoms with Gasteiger partial charge in [0.25, 0.3) is 0 Å². The van der Waals surface area contributed by atoms with E-state index in [1.807, 2.05) is 31.2 Å². The van der Waals surface area contributed by atoms with Crippen LogP contribution in [-0.4, -0.2) is 10.9 Å². The number of hydrogen-bond acceptors (Lipinski definition) is 2. The second-order valence-corrected chi connectivity index (χ2v) is 5.84. The average molecular weight is 354 g/mol. The second kappa shape index (κ2) is 6.37. The van der Waals surface area contributed by atoms with Crippen LogP contribution in [0.5, 0.6) is 0 Å². The molecular formula is C15H14BrClN2O. The van der Waals surface area contributed by atoms with Gasteiger partial charge >= 0.3 is 0 Å². The Morgan fingerprint density at radius 1 is 1.35 bits per heavy atom. The molecule has 0 saturated heterocycles. The summed E-state index contributed by atoms with van der Waals surface area (Å²) in [7, 11) is 0. The number of pyridine rings is 1. The van der Waals surface area contributed by atoms with Gasteiger partial charge in [-0.05, 0) is 34.5 Å². The molecule has 0 N–H and O–H groups in total. The molecule has 0 spiro atoms. The summed E-state index contributed by atoms with van der Waals surface area (Å²) in [5, 5.41) is 0.527. The van der Waals surface area contributed by atoms with Gasteiger partial charge in [-0.2, -0.15) is 0 Å². The van der Waals surface area contributed by atoms with Gasteiger partial charge in [-0.1, -0.05) is 41.4 Å². The van der Waals surface area contributed by atoms with Crippen molar-refractivity contribution in [3.8, 4) is 0 Å². The normalized spacial score (nSPS) is 10.4. The van der Waals surface area contributed by atoms with Crippen LogP contribution in [0.2, 0.25) is 5.02 Å². The lowest BCUT2D eigenvalue weighted by Gasteiger charge is -2.21. The van der Waals surface area contributed by atoms with Crippen LogP contribution in [0.3, 0.4) is 0 Å². The van der Waals surface area contributed by atoms with Gasteiger partial charge in [-0.25, -0.2) is 4.98 Å². The summed E-state index contributed by atoms with van der Waals surface area (Å²) >= 11 is 9.28. The molecule has 0 radical (unpaired) electrons. The standard InChI is InChI=1S/C15H14BrClN2O/c1-10-3-5-12(6-4-10)9-19(11(2)20)15-14(16)7-13(17)8-18-15/h3-8H,9H2,1-2H3. The molecule has 0 atom stereocenters. The molecule has 1 heterocycles. The molecule has 2 aromatic rings. The number of carbonyl (C=O) groups excluding carboxylic acids is 1. The predicted octanol–water partition coefficient (Wildman–Crippen LogP) is 4.36. The maximum Gasteiger partial charge on any atom is 0.225 e. The molecule has 0 aliphatic rings. The predicted molar refractivity (Wildman–Crippen MR) is 85.0 cm³/mol. The topological polar surface area (TPSA) is 33.2 Å². The first-order chi connectivity index (χ1) is 9.47. The quantitative estimate of drug-likeness (QED) is 0.821. The molecule has 1 amide bonds. The summed E-state index contributed by atoms with van der Waals surface area (Å²) in [6.07, 6.45) is 1.53. The Bertz CT molecular complexity index is 628. The molecule has 3 nitrogen and oxygen atoms in total. The Balaban J connectivity index is 2.31. The number of carbonyl (C=O) groups is 1. The first kappa shape index (κ1) is 15.0. The minimum Gasteiger partial charge on any atom is -0.292 e. The van der Waals surface area contributed by atoms with Gasteiger partial charge in [0.2, 0.25) is 5.91 Å². The summed E-state index contributed by atoms with van der Waals surface area (Å²) in [6.45, 7) is 4.03. The zero-order valence-corrected chi connectivity index (χ0v) is 13.6. The van der Waals surface area contributed by atoms with E-state index >= 15 is 0 Å². The average Bonchev–Trinajstić information content (AvgIpc) is 2.39. The zero-order valence-electron chi connectivity index (χ0n) is 11.2. The van der Waals surface area contributed by atoms with Crippen molar-refractivity contribution in [2.45, 2.75) is 20.4 Å². The molecule has 0 bridgehead atoms. The Labute approximate surface area is 131 Å². The van der Waals surface area contributed by atoms with E-state index in [2.05, 4.69) is 20.9 Å². The number of nitrogens with zero attached hydrogens (tertiary/aromatic N) is 2. The fraction of sp³-hybridized carbons (Fsp3) is 0.200. The van der Waals surface area contributed by atoms with Crippen molar-refractivity contribution in [2.24, 2.45) is 0 Å². The second-order valence-electron chi connectivity index (χ2n) is 4.55. The van der Waals surface area contributed by atoms with Crippen LogP contribution < -0.4 is 4.90 Å². The maximum absolute atomic E-state index is 11.9. The molecule has 20 heavy (non-hydrogen) atoms. The van der Waals surface area contributed by atoms with Gasteiger partial charge < -0.3 is 0 Å². The van der Waals surface area contributed by atoms with E-state index in [1.165, 1.54) is 18.7 Å². The molecule has 0 saturated carbocycles. The van der Waals surface area contributed by atoms with Crippen molar-refractivity contribution >= 4 is 39.3 Å². The number of anilines is 1. The third-order valence-corrected chi connectivity index (χ3v) is 3.68. The first-order valence-corrected chi connectivity index (χ1v) is 7.29. The SMILES string of the molecule is CC(=O)N(Cc1ccc(C)cc1)c1ncc(Cl)cc1Br. The van der Waals surface area contributed by atoms with Crippen molar-refractivity contribution in [1.82, 2.24) is 4.98 Å². The molecule has 0 unspecified atom stereocenters. The highest BCUT2D eigenvalue weighted by Crippen LogP contribution is 2.27. The molecule has 0 aliphatic carbocycles. The van der Waals surface area contributed by atoms with E-state index in [9.17, 15) is 4.79 Å². The van der Waals surface area contributed by atoms with Crippen molar-refractivity contribution in [3.05, 3.63) is 57.2 Å². The summed E-state index contributed by atoms with van der Waals surface area (Å²) in [5.74, 6) is 0.503. The molecule has 0 fully saturated rings. The molecule has 1 aromatic carbocycles. The number of aryl methyl sites for hydroxylation is 1. The van der Waals surface area contributed by atoms with E-state index in [-0.39, 0.29) is 5.91 Å². The minimum atomic E-state index is -0.0684. The largest absolute Gasteiger partial charge is 0.292 e. The van der Waals surface area contributed by atoms with Crippen molar-refractivity contribution in [1.29, 1.82) is 0 Å².